The van der Waals surface area contributed by atoms with Crippen molar-refractivity contribution in [2.75, 3.05) is 27.2 Å². The molecule has 15 heavy (non-hydrogen) atoms. The number of amides is 1. The lowest BCUT2D eigenvalue weighted by Crippen LogP contribution is -2.47. The number of nitrogens with one attached hydrogen (secondary N) is 1. The van der Waals surface area contributed by atoms with Crippen LogP contribution in [0.3, 0.4) is 0 Å². The topological polar surface area (TPSA) is 58.4 Å². The zero-order valence-corrected chi connectivity index (χ0v) is 9.83. The van der Waals surface area contributed by atoms with E-state index < -0.39 is 0 Å². The fourth-order valence-electron chi connectivity index (χ4n) is 2.23. The van der Waals surface area contributed by atoms with Gasteiger partial charge in [-0.1, -0.05) is 12.8 Å². The standard InChI is InChI=1S/C11H23N3O/c1-14(2)8-7-13-10(11(12)15)9-5-3-4-6-9/h9-10,13H,3-8H2,1-2H3,(H2,12,15). The van der Waals surface area contributed by atoms with Gasteiger partial charge in [-0.25, -0.2) is 0 Å². The Bertz CT molecular complexity index is 200. The number of nitrogens with zero attached hydrogens (tertiary/aromatic N) is 1. The van der Waals surface area contributed by atoms with Gasteiger partial charge in [0.15, 0.2) is 0 Å². The van der Waals surface area contributed by atoms with E-state index in [1.165, 1.54) is 12.8 Å². The first kappa shape index (κ1) is 12.5. The molecule has 0 bridgehead atoms. The van der Waals surface area contributed by atoms with Crippen molar-refractivity contribution >= 4 is 5.91 Å². The second-order valence-corrected chi connectivity index (χ2v) is 4.68. The van der Waals surface area contributed by atoms with Gasteiger partial charge in [-0.15, -0.1) is 0 Å². The van der Waals surface area contributed by atoms with E-state index in [0.29, 0.717) is 5.92 Å². The van der Waals surface area contributed by atoms with Crippen LogP contribution in [0.5, 0.6) is 0 Å². The fourth-order valence-corrected chi connectivity index (χ4v) is 2.23. The van der Waals surface area contributed by atoms with Crippen molar-refractivity contribution in [1.29, 1.82) is 0 Å². The molecule has 1 saturated carbocycles. The van der Waals surface area contributed by atoms with E-state index in [9.17, 15) is 4.79 Å². The van der Waals surface area contributed by atoms with Gasteiger partial charge >= 0.3 is 0 Å². The van der Waals surface area contributed by atoms with E-state index in [1.807, 2.05) is 14.1 Å². The van der Waals surface area contributed by atoms with Crippen molar-refractivity contribution in [3.63, 3.8) is 0 Å². The lowest BCUT2D eigenvalue weighted by Gasteiger charge is -2.22. The first-order valence-corrected chi connectivity index (χ1v) is 5.78. The van der Waals surface area contributed by atoms with Gasteiger partial charge < -0.3 is 16.0 Å². The van der Waals surface area contributed by atoms with Gasteiger partial charge in [0.1, 0.15) is 0 Å². The Morgan fingerprint density at radius 2 is 2.07 bits per heavy atom. The summed E-state index contributed by atoms with van der Waals surface area (Å²) < 4.78 is 0. The van der Waals surface area contributed by atoms with Crippen molar-refractivity contribution in [3.05, 3.63) is 0 Å². The Kier molecular flexibility index (Phi) is 5.05. The Balaban J connectivity index is 2.33. The molecule has 4 heteroatoms. The molecule has 0 saturated heterocycles. The highest BCUT2D eigenvalue weighted by molar-refractivity contribution is 5.80. The number of carbonyl (C=O) groups is 1. The summed E-state index contributed by atoms with van der Waals surface area (Å²) >= 11 is 0. The molecule has 3 N–H and O–H groups in total. The number of hydrogen-bond acceptors (Lipinski definition) is 3. The molecule has 1 rings (SSSR count). The molecule has 0 radical (unpaired) electrons. The van der Waals surface area contributed by atoms with Crippen LogP contribution in [-0.2, 0) is 4.79 Å². The lowest BCUT2D eigenvalue weighted by atomic mass is 9.97. The molecule has 1 aliphatic carbocycles. The minimum Gasteiger partial charge on any atom is -0.368 e. The van der Waals surface area contributed by atoms with Gasteiger partial charge in [0.2, 0.25) is 5.91 Å². The molecule has 4 nitrogen and oxygen atoms in total. The minimum absolute atomic E-state index is 0.118. The summed E-state index contributed by atoms with van der Waals surface area (Å²) in [4.78, 5) is 13.4. The zero-order valence-electron chi connectivity index (χ0n) is 9.83. The minimum atomic E-state index is -0.194. The second kappa shape index (κ2) is 6.08. The molecule has 0 aliphatic heterocycles. The van der Waals surface area contributed by atoms with E-state index in [-0.39, 0.29) is 11.9 Å². The molecule has 0 spiro atoms. The SMILES string of the molecule is CN(C)CCNC(C(N)=O)C1CCCC1. The lowest BCUT2D eigenvalue weighted by molar-refractivity contribution is -0.121. The molecule has 1 atom stereocenters. The first-order chi connectivity index (χ1) is 7.11. The van der Waals surface area contributed by atoms with Crippen LogP contribution in [0.4, 0.5) is 0 Å². The Morgan fingerprint density at radius 3 is 2.53 bits per heavy atom. The van der Waals surface area contributed by atoms with E-state index in [0.717, 1.165) is 25.9 Å². The van der Waals surface area contributed by atoms with Gasteiger partial charge in [-0.3, -0.25) is 4.79 Å². The largest absolute Gasteiger partial charge is 0.368 e. The van der Waals surface area contributed by atoms with Gasteiger partial charge in [0.05, 0.1) is 6.04 Å². The summed E-state index contributed by atoms with van der Waals surface area (Å²) in [6, 6.07) is -0.118. The summed E-state index contributed by atoms with van der Waals surface area (Å²) in [6.07, 6.45) is 4.76. The molecule has 0 heterocycles. The molecule has 1 aliphatic rings. The highest BCUT2D eigenvalue weighted by atomic mass is 16.1. The Hall–Kier alpha value is -0.610. The van der Waals surface area contributed by atoms with Crippen molar-refractivity contribution in [2.24, 2.45) is 11.7 Å². The van der Waals surface area contributed by atoms with Crippen molar-refractivity contribution in [1.82, 2.24) is 10.2 Å². The van der Waals surface area contributed by atoms with Crippen LogP contribution < -0.4 is 11.1 Å². The summed E-state index contributed by atoms with van der Waals surface area (Å²) in [5.41, 5.74) is 5.42. The second-order valence-electron chi connectivity index (χ2n) is 4.68. The third-order valence-corrected chi connectivity index (χ3v) is 3.10. The summed E-state index contributed by atoms with van der Waals surface area (Å²) in [7, 11) is 4.05. The number of primary amides is 1. The van der Waals surface area contributed by atoms with Gasteiger partial charge in [-0.2, -0.15) is 0 Å². The smallest absolute Gasteiger partial charge is 0.234 e. The number of rotatable bonds is 6. The summed E-state index contributed by atoms with van der Waals surface area (Å²) in [6.45, 7) is 1.77. The van der Waals surface area contributed by atoms with Crippen LogP contribution in [0.15, 0.2) is 0 Å². The van der Waals surface area contributed by atoms with Crippen LogP contribution in [0.1, 0.15) is 25.7 Å². The Morgan fingerprint density at radius 1 is 1.47 bits per heavy atom. The maximum absolute atomic E-state index is 11.3. The maximum Gasteiger partial charge on any atom is 0.234 e. The molecule has 1 fully saturated rings. The van der Waals surface area contributed by atoms with E-state index in [4.69, 9.17) is 5.73 Å². The monoisotopic (exact) mass is 213 g/mol. The number of nitrogens with two attached hydrogens (primary N) is 1. The number of carbonyl (C=O) groups excluding carboxylic acids is 1. The van der Waals surface area contributed by atoms with E-state index >= 15 is 0 Å². The quantitative estimate of drug-likeness (QED) is 0.662. The fraction of sp³-hybridized carbons (Fsp3) is 0.909. The average Bonchev–Trinajstić information content (AvgIpc) is 2.63. The maximum atomic E-state index is 11.3. The summed E-state index contributed by atoms with van der Waals surface area (Å²) in [5, 5.41) is 3.28. The van der Waals surface area contributed by atoms with Crippen LogP contribution in [-0.4, -0.2) is 44.0 Å². The van der Waals surface area contributed by atoms with E-state index in [1.54, 1.807) is 0 Å². The van der Waals surface area contributed by atoms with Crippen LogP contribution in [0.2, 0.25) is 0 Å². The molecule has 0 aromatic heterocycles. The molecule has 88 valence electrons. The van der Waals surface area contributed by atoms with Gasteiger partial charge in [-0.05, 0) is 32.9 Å². The third kappa shape index (κ3) is 4.18. The highest BCUT2D eigenvalue weighted by Crippen LogP contribution is 2.27. The van der Waals surface area contributed by atoms with Crippen LogP contribution in [0, 0.1) is 5.92 Å². The summed E-state index contributed by atoms with van der Waals surface area (Å²) in [5.74, 6) is 0.269. The zero-order chi connectivity index (χ0) is 11.3. The molecule has 0 aromatic rings. The van der Waals surface area contributed by atoms with Crippen LogP contribution >= 0.6 is 0 Å². The first-order valence-electron chi connectivity index (χ1n) is 5.78. The van der Waals surface area contributed by atoms with Gasteiger partial charge in [0, 0.05) is 13.1 Å². The normalized spacial score (nSPS) is 19.7. The molecular formula is C11H23N3O. The van der Waals surface area contributed by atoms with Crippen molar-refractivity contribution in [2.45, 2.75) is 31.7 Å². The molecular weight excluding hydrogens is 190 g/mol. The highest BCUT2D eigenvalue weighted by Gasteiger charge is 2.28. The van der Waals surface area contributed by atoms with Crippen molar-refractivity contribution < 1.29 is 4.79 Å². The van der Waals surface area contributed by atoms with Crippen LogP contribution in [0.25, 0.3) is 0 Å². The van der Waals surface area contributed by atoms with E-state index in [2.05, 4.69) is 10.2 Å². The van der Waals surface area contributed by atoms with Gasteiger partial charge in [0.25, 0.3) is 0 Å². The van der Waals surface area contributed by atoms with Crippen molar-refractivity contribution in [3.8, 4) is 0 Å². The predicted molar refractivity (Wildman–Crippen MR) is 61.5 cm³/mol. The molecule has 1 unspecified atom stereocenters. The molecule has 1 amide bonds. The average molecular weight is 213 g/mol. The molecule has 0 aromatic carbocycles. The third-order valence-electron chi connectivity index (χ3n) is 3.10. The number of likely N-dealkylation sites (N-methyl/N-ethyl adjacent to an activating group) is 1. The Labute approximate surface area is 92.2 Å². The predicted octanol–water partition coefficient (Wildman–Crippen LogP) is 0.182. The number of hydrogen-bond donors (Lipinski definition) is 2.